The fraction of sp³-hybridized carbons (Fsp3) is 0.429. The molecule has 0 atom stereocenters. The number of amides is 2. The Morgan fingerprint density at radius 1 is 1.21 bits per heavy atom. The lowest BCUT2D eigenvalue weighted by molar-refractivity contribution is 0.175. The normalized spacial score (nSPS) is 15.2. The zero-order valence-corrected chi connectivity index (χ0v) is 16.4. The van der Waals surface area contributed by atoms with Crippen molar-refractivity contribution in [3.05, 3.63) is 59.7 Å². The molecule has 1 aliphatic heterocycles. The van der Waals surface area contributed by atoms with Crippen molar-refractivity contribution in [1.82, 2.24) is 20.1 Å². The van der Waals surface area contributed by atoms with Crippen LogP contribution in [0.5, 0.6) is 5.75 Å². The number of likely N-dealkylation sites (tertiary alicyclic amines) is 1. The third-order valence-corrected chi connectivity index (χ3v) is 5.01. The highest BCUT2D eigenvalue weighted by Gasteiger charge is 2.22. The van der Waals surface area contributed by atoms with Gasteiger partial charge in [-0.3, -0.25) is 4.98 Å². The van der Waals surface area contributed by atoms with E-state index in [1.807, 2.05) is 24.3 Å². The number of methoxy groups -OCH3 is 1. The van der Waals surface area contributed by atoms with Crippen LogP contribution in [0.4, 0.5) is 9.18 Å². The molecular weight excluding hydrogens is 359 g/mol. The average Bonchev–Trinajstić information content (AvgIpc) is 2.71. The Morgan fingerprint density at radius 3 is 2.54 bits per heavy atom. The van der Waals surface area contributed by atoms with Crippen molar-refractivity contribution in [1.29, 1.82) is 0 Å². The number of nitrogens with one attached hydrogen (secondary N) is 1. The van der Waals surface area contributed by atoms with Crippen LogP contribution in [0.15, 0.2) is 42.6 Å². The van der Waals surface area contributed by atoms with Crippen LogP contribution in [-0.4, -0.2) is 54.1 Å². The molecule has 2 amide bonds. The van der Waals surface area contributed by atoms with Gasteiger partial charge in [-0.25, -0.2) is 9.18 Å². The van der Waals surface area contributed by atoms with Gasteiger partial charge in [0.2, 0.25) is 0 Å². The number of rotatable bonds is 6. The molecule has 1 aromatic heterocycles. The molecule has 2 aromatic rings. The third-order valence-electron chi connectivity index (χ3n) is 5.01. The van der Waals surface area contributed by atoms with Gasteiger partial charge in [-0.05, 0) is 62.8 Å². The number of hydrogen-bond donors (Lipinski definition) is 1. The molecule has 1 aliphatic rings. The molecule has 1 fully saturated rings. The fourth-order valence-corrected chi connectivity index (χ4v) is 3.27. The molecular formula is C21H27FN4O2. The molecule has 1 N–H and O–H groups in total. The van der Waals surface area contributed by atoms with Crippen molar-refractivity contribution in [2.75, 3.05) is 27.2 Å². The molecule has 1 saturated heterocycles. The summed E-state index contributed by atoms with van der Waals surface area (Å²) in [5, 5.41) is 3.15. The van der Waals surface area contributed by atoms with E-state index in [4.69, 9.17) is 4.74 Å². The lowest BCUT2D eigenvalue weighted by Gasteiger charge is -2.32. The van der Waals surface area contributed by atoms with E-state index in [0.29, 0.717) is 18.8 Å². The van der Waals surface area contributed by atoms with E-state index in [1.165, 1.54) is 12.3 Å². The Hall–Kier alpha value is -2.67. The van der Waals surface area contributed by atoms with Crippen LogP contribution in [0.1, 0.15) is 24.1 Å². The predicted molar refractivity (Wildman–Crippen MR) is 105 cm³/mol. The first kappa shape index (κ1) is 20.1. The second-order valence-corrected chi connectivity index (χ2v) is 7.20. The molecule has 0 aliphatic carbocycles. The van der Waals surface area contributed by atoms with Crippen LogP contribution < -0.4 is 10.1 Å². The number of ether oxygens (including phenoxy) is 1. The second kappa shape index (κ2) is 9.50. The minimum absolute atomic E-state index is 0.128. The summed E-state index contributed by atoms with van der Waals surface area (Å²) < 4.78 is 18.4. The summed E-state index contributed by atoms with van der Waals surface area (Å²) in [5.41, 5.74) is 1.63. The summed E-state index contributed by atoms with van der Waals surface area (Å²) in [6, 6.07) is 10.6. The zero-order valence-electron chi connectivity index (χ0n) is 16.4. The van der Waals surface area contributed by atoms with Crippen molar-refractivity contribution < 1.29 is 13.9 Å². The Kier molecular flexibility index (Phi) is 6.81. The maximum absolute atomic E-state index is 13.2. The smallest absolute Gasteiger partial charge is 0.318 e. The van der Waals surface area contributed by atoms with Gasteiger partial charge >= 0.3 is 6.03 Å². The van der Waals surface area contributed by atoms with Gasteiger partial charge in [-0.2, -0.15) is 0 Å². The molecule has 0 bridgehead atoms. The molecule has 0 spiro atoms. The molecule has 7 heteroatoms. The first-order valence-corrected chi connectivity index (χ1v) is 9.51. The van der Waals surface area contributed by atoms with Crippen LogP contribution in [0, 0.1) is 5.82 Å². The maximum atomic E-state index is 13.2. The van der Waals surface area contributed by atoms with Crippen molar-refractivity contribution in [3.8, 4) is 5.75 Å². The maximum Gasteiger partial charge on any atom is 0.318 e. The lowest BCUT2D eigenvalue weighted by atomic mass is 10.1. The largest absolute Gasteiger partial charge is 0.497 e. The summed E-state index contributed by atoms with van der Waals surface area (Å²) in [6.45, 7) is 2.69. The molecule has 3 rings (SSSR count). The molecule has 1 aromatic carbocycles. The number of benzene rings is 1. The summed E-state index contributed by atoms with van der Waals surface area (Å²) in [5.74, 6) is 0.382. The minimum atomic E-state index is -0.388. The van der Waals surface area contributed by atoms with Gasteiger partial charge in [-0.15, -0.1) is 0 Å². The standard InChI is InChI=1S/C21H27FN4O2/c1-25-11-9-18(10-12-25)24-21(27)26(15-19-6-5-17(22)13-23-19)14-16-3-7-20(28-2)8-4-16/h3-8,13,18H,9-12,14-15H2,1-2H3,(H,24,27). The first-order chi connectivity index (χ1) is 13.5. The number of carbonyl (C=O) groups excluding carboxylic acids is 1. The lowest BCUT2D eigenvalue weighted by Crippen LogP contribution is -2.48. The highest BCUT2D eigenvalue weighted by atomic mass is 19.1. The quantitative estimate of drug-likeness (QED) is 0.829. The van der Waals surface area contributed by atoms with Gasteiger partial charge in [0.05, 0.1) is 25.5 Å². The van der Waals surface area contributed by atoms with Crippen LogP contribution in [0.3, 0.4) is 0 Å². The number of urea groups is 1. The Bertz CT molecular complexity index is 759. The number of carbonyl (C=O) groups is 1. The van der Waals surface area contributed by atoms with Gasteiger partial charge in [0.15, 0.2) is 0 Å². The summed E-state index contributed by atoms with van der Waals surface area (Å²) >= 11 is 0. The van der Waals surface area contributed by atoms with E-state index in [-0.39, 0.29) is 17.9 Å². The van der Waals surface area contributed by atoms with Crippen LogP contribution in [0.2, 0.25) is 0 Å². The number of piperidine rings is 1. The topological polar surface area (TPSA) is 57.7 Å². The molecule has 2 heterocycles. The third kappa shape index (κ3) is 5.66. The van der Waals surface area contributed by atoms with Gasteiger partial charge < -0.3 is 19.9 Å². The van der Waals surface area contributed by atoms with Gasteiger partial charge in [-0.1, -0.05) is 12.1 Å². The average molecular weight is 386 g/mol. The molecule has 150 valence electrons. The van der Waals surface area contributed by atoms with Crippen molar-refractivity contribution in [2.24, 2.45) is 0 Å². The summed E-state index contributed by atoms with van der Waals surface area (Å²) in [7, 11) is 3.71. The second-order valence-electron chi connectivity index (χ2n) is 7.20. The van der Waals surface area contributed by atoms with Crippen LogP contribution in [-0.2, 0) is 13.1 Å². The Labute approximate surface area is 165 Å². The number of pyridine rings is 1. The van der Waals surface area contributed by atoms with E-state index in [0.717, 1.165) is 37.2 Å². The van der Waals surface area contributed by atoms with Gasteiger partial charge in [0.25, 0.3) is 0 Å². The zero-order chi connectivity index (χ0) is 19.9. The van der Waals surface area contributed by atoms with Gasteiger partial charge in [0, 0.05) is 12.6 Å². The van der Waals surface area contributed by atoms with E-state index < -0.39 is 0 Å². The van der Waals surface area contributed by atoms with Crippen molar-refractivity contribution in [2.45, 2.75) is 32.0 Å². The Morgan fingerprint density at radius 2 is 1.93 bits per heavy atom. The van der Waals surface area contributed by atoms with E-state index >= 15 is 0 Å². The molecule has 0 radical (unpaired) electrons. The highest BCUT2D eigenvalue weighted by molar-refractivity contribution is 5.74. The van der Waals surface area contributed by atoms with Crippen LogP contribution in [0.25, 0.3) is 0 Å². The number of hydrogen-bond acceptors (Lipinski definition) is 4. The molecule has 0 saturated carbocycles. The summed E-state index contributed by atoms with van der Waals surface area (Å²) in [6.07, 6.45) is 3.05. The minimum Gasteiger partial charge on any atom is -0.497 e. The molecule has 28 heavy (non-hydrogen) atoms. The number of halogens is 1. The molecule has 0 unspecified atom stereocenters. The van der Waals surface area contributed by atoms with E-state index in [1.54, 1.807) is 18.1 Å². The Balaban J connectivity index is 1.70. The summed E-state index contributed by atoms with van der Waals surface area (Å²) in [4.78, 5) is 21.0. The fourth-order valence-electron chi connectivity index (χ4n) is 3.27. The number of nitrogens with zero attached hydrogens (tertiary/aromatic N) is 3. The van der Waals surface area contributed by atoms with Crippen molar-refractivity contribution >= 4 is 6.03 Å². The monoisotopic (exact) mass is 386 g/mol. The highest BCUT2D eigenvalue weighted by Crippen LogP contribution is 2.16. The van der Waals surface area contributed by atoms with E-state index in [9.17, 15) is 9.18 Å². The molecule has 6 nitrogen and oxygen atoms in total. The van der Waals surface area contributed by atoms with E-state index in [2.05, 4.69) is 22.2 Å². The first-order valence-electron chi connectivity index (χ1n) is 9.51. The van der Waals surface area contributed by atoms with Crippen LogP contribution >= 0.6 is 0 Å². The van der Waals surface area contributed by atoms with Crippen molar-refractivity contribution in [3.63, 3.8) is 0 Å². The van der Waals surface area contributed by atoms with Gasteiger partial charge in [0.1, 0.15) is 11.6 Å². The number of aromatic nitrogens is 1. The SMILES string of the molecule is COc1ccc(CN(Cc2ccc(F)cn2)C(=O)NC2CCN(C)CC2)cc1. The predicted octanol–water partition coefficient (Wildman–Crippen LogP) is 3.04.